The summed E-state index contributed by atoms with van der Waals surface area (Å²) in [6.45, 7) is 5.61. The summed E-state index contributed by atoms with van der Waals surface area (Å²) in [6, 6.07) is 13.9. The molecule has 1 aromatic heterocycles. The molecule has 3 aromatic rings. The molecule has 4 N–H and O–H groups in total. The maximum absolute atomic E-state index is 13.1. The molecule has 2 aromatic carbocycles. The predicted octanol–water partition coefficient (Wildman–Crippen LogP) is 3.04. The van der Waals surface area contributed by atoms with Crippen LogP contribution in [-0.2, 0) is 4.74 Å². The molecule has 5 fully saturated rings. The molecular weight excluding hydrogens is 650 g/mol. The Kier molecular flexibility index (Phi) is 9.73. The van der Waals surface area contributed by atoms with E-state index in [1.807, 2.05) is 21.9 Å². The Morgan fingerprint density at radius 3 is 1.84 bits per heavy atom. The van der Waals surface area contributed by atoms with Crippen molar-refractivity contribution in [1.82, 2.24) is 24.8 Å². The molecule has 0 spiro atoms. The van der Waals surface area contributed by atoms with Crippen molar-refractivity contribution in [1.29, 1.82) is 0 Å². The third-order valence-corrected chi connectivity index (χ3v) is 11.0. The monoisotopic (exact) mass is 697 g/mol. The Hall–Kier alpha value is -4.37. The number of aromatic nitrogens is 3. The molecule has 270 valence electrons. The van der Waals surface area contributed by atoms with Gasteiger partial charge in [-0.3, -0.25) is 9.69 Å². The van der Waals surface area contributed by atoms with Crippen LogP contribution in [0.2, 0.25) is 0 Å². The number of urea groups is 1. The molecule has 5 aliphatic rings. The van der Waals surface area contributed by atoms with E-state index in [4.69, 9.17) is 19.7 Å². The van der Waals surface area contributed by atoms with Crippen LogP contribution in [-0.4, -0.2) is 130 Å². The highest BCUT2D eigenvalue weighted by Crippen LogP contribution is 2.36. The van der Waals surface area contributed by atoms with Crippen LogP contribution in [0.25, 0.3) is 11.4 Å². The van der Waals surface area contributed by atoms with Gasteiger partial charge in [-0.15, -0.1) is 0 Å². The highest BCUT2D eigenvalue weighted by molar-refractivity contribution is 6.00. The zero-order chi connectivity index (χ0) is 34.9. The second-order valence-electron chi connectivity index (χ2n) is 14.5. The summed E-state index contributed by atoms with van der Waals surface area (Å²) in [4.78, 5) is 49.3. The topological polar surface area (TPSA) is 160 Å². The first-order chi connectivity index (χ1) is 24.9. The number of nitrogens with zero attached hydrogens (tertiary/aromatic N) is 7. The van der Waals surface area contributed by atoms with E-state index in [-0.39, 0.29) is 43.3 Å². The number of ether oxygens (including phenoxy) is 1. The standard InChI is InChI=1S/C37H47N9O5/c47-20-29-11-12-30(21-48)45(29)35-40-33(41-36(42-35)46-31-13-14-32(46)23-51-22-31)25-3-7-27(8-4-25)38-37(50)39-28-9-5-26(6-10-28)34(49)44-17-15-43(16-18-44)19-24-1-2-24/h3-10,24,29-32,47-48H,1-2,11-23H2,(H2,38,39,50). The maximum Gasteiger partial charge on any atom is 0.323 e. The van der Waals surface area contributed by atoms with E-state index in [9.17, 15) is 19.8 Å². The smallest absolute Gasteiger partial charge is 0.323 e. The van der Waals surface area contributed by atoms with E-state index in [2.05, 4.69) is 20.4 Å². The second kappa shape index (κ2) is 14.7. The van der Waals surface area contributed by atoms with Crippen molar-refractivity contribution < 1.29 is 24.5 Å². The van der Waals surface area contributed by atoms with Crippen molar-refractivity contribution in [2.24, 2.45) is 5.92 Å². The molecule has 5 heterocycles. The molecule has 1 aliphatic carbocycles. The van der Waals surface area contributed by atoms with Gasteiger partial charge < -0.3 is 40.3 Å². The van der Waals surface area contributed by atoms with Crippen molar-refractivity contribution in [2.45, 2.75) is 62.7 Å². The number of piperazine rings is 1. The Morgan fingerprint density at radius 1 is 0.706 bits per heavy atom. The summed E-state index contributed by atoms with van der Waals surface area (Å²) >= 11 is 0. The van der Waals surface area contributed by atoms with E-state index in [0.717, 1.165) is 69.9 Å². The molecule has 4 saturated heterocycles. The Bertz CT molecular complexity index is 1670. The lowest BCUT2D eigenvalue weighted by molar-refractivity contribution is 0.0632. The van der Waals surface area contributed by atoms with Gasteiger partial charge in [-0.25, -0.2) is 4.79 Å². The van der Waals surface area contributed by atoms with Crippen molar-refractivity contribution in [3.8, 4) is 11.4 Å². The molecule has 2 bridgehead atoms. The molecule has 14 nitrogen and oxygen atoms in total. The van der Waals surface area contributed by atoms with Gasteiger partial charge in [-0.05, 0) is 93.0 Å². The highest BCUT2D eigenvalue weighted by Gasteiger charge is 2.41. The first kappa shape index (κ1) is 33.8. The number of carbonyl (C=O) groups excluding carboxylic acids is 2. The Morgan fingerprint density at radius 2 is 1.27 bits per heavy atom. The molecule has 3 amide bonds. The average Bonchev–Trinajstić information content (AvgIpc) is 3.81. The zero-order valence-corrected chi connectivity index (χ0v) is 28.9. The summed E-state index contributed by atoms with van der Waals surface area (Å²) in [5.41, 5.74) is 2.53. The lowest BCUT2D eigenvalue weighted by Gasteiger charge is -2.36. The summed E-state index contributed by atoms with van der Waals surface area (Å²) in [6.07, 6.45) is 6.16. The fourth-order valence-electron chi connectivity index (χ4n) is 7.99. The summed E-state index contributed by atoms with van der Waals surface area (Å²) < 4.78 is 5.81. The SMILES string of the molecule is O=C(Nc1ccc(C(=O)N2CCN(CC3CC3)CC2)cc1)Nc1ccc(-c2nc(N3C(CO)CCC3CO)nc(N3C4CCC3COC4)n2)cc1. The number of fused-ring (bicyclic) bond motifs is 2. The quantitative estimate of drug-likeness (QED) is 0.247. The van der Waals surface area contributed by atoms with Crippen LogP contribution in [0.5, 0.6) is 0 Å². The van der Waals surface area contributed by atoms with Crippen LogP contribution >= 0.6 is 0 Å². The molecule has 0 radical (unpaired) electrons. The largest absolute Gasteiger partial charge is 0.394 e. The highest BCUT2D eigenvalue weighted by atomic mass is 16.5. The van der Waals surface area contributed by atoms with Crippen LogP contribution in [0.15, 0.2) is 48.5 Å². The number of rotatable bonds is 10. The van der Waals surface area contributed by atoms with E-state index < -0.39 is 6.03 Å². The van der Waals surface area contributed by atoms with Gasteiger partial charge in [0, 0.05) is 55.2 Å². The third kappa shape index (κ3) is 7.36. The number of anilines is 4. The summed E-state index contributed by atoms with van der Waals surface area (Å²) in [5, 5.41) is 26.0. The average molecular weight is 698 g/mol. The lowest BCUT2D eigenvalue weighted by atomic mass is 10.1. The number of aliphatic hydroxyl groups excluding tert-OH is 2. The second-order valence-corrected chi connectivity index (χ2v) is 14.5. The van der Waals surface area contributed by atoms with Gasteiger partial charge in [0.25, 0.3) is 5.91 Å². The van der Waals surface area contributed by atoms with Crippen molar-refractivity contribution in [3.05, 3.63) is 54.1 Å². The fourth-order valence-corrected chi connectivity index (χ4v) is 7.99. The van der Waals surface area contributed by atoms with Crippen molar-refractivity contribution in [3.63, 3.8) is 0 Å². The van der Waals surface area contributed by atoms with Crippen LogP contribution in [0.4, 0.5) is 28.1 Å². The van der Waals surface area contributed by atoms with Gasteiger partial charge in [0.2, 0.25) is 11.9 Å². The van der Waals surface area contributed by atoms with Crippen molar-refractivity contribution >= 4 is 35.2 Å². The van der Waals surface area contributed by atoms with E-state index in [1.165, 1.54) is 12.8 Å². The Labute approximate surface area is 297 Å². The van der Waals surface area contributed by atoms with Crippen molar-refractivity contribution in [2.75, 3.05) is 79.6 Å². The predicted molar refractivity (Wildman–Crippen MR) is 193 cm³/mol. The first-order valence-electron chi connectivity index (χ1n) is 18.4. The summed E-state index contributed by atoms with van der Waals surface area (Å²) in [5.74, 6) is 2.37. The summed E-state index contributed by atoms with van der Waals surface area (Å²) in [7, 11) is 0. The minimum Gasteiger partial charge on any atom is -0.394 e. The number of aliphatic hydroxyl groups is 2. The number of benzene rings is 2. The molecule has 4 unspecified atom stereocenters. The lowest BCUT2D eigenvalue weighted by Crippen LogP contribution is -2.49. The minimum absolute atomic E-state index is 0.0220. The molecule has 51 heavy (non-hydrogen) atoms. The molecule has 4 atom stereocenters. The molecule has 8 rings (SSSR count). The first-order valence-corrected chi connectivity index (χ1v) is 18.4. The van der Waals surface area contributed by atoms with Gasteiger partial charge in [-0.2, -0.15) is 15.0 Å². The van der Waals surface area contributed by atoms with E-state index in [1.54, 1.807) is 36.4 Å². The van der Waals surface area contributed by atoms with E-state index in [0.29, 0.717) is 47.9 Å². The fraction of sp³-hybridized carbons (Fsp3) is 0.541. The number of carbonyl (C=O) groups is 2. The van der Waals surface area contributed by atoms with Gasteiger partial charge in [0.1, 0.15) is 0 Å². The number of morpholine rings is 1. The van der Waals surface area contributed by atoms with E-state index >= 15 is 0 Å². The zero-order valence-electron chi connectivity index (χ0n) is 28.9. The molecule has 1 saturated carbocycles. The number of nitrogens with one attached hydrogen (secondary N) is 2. The van der Waals surface area contributed by atoms with Crippen LogP contribution < -0.4 is 20.4 Å². The number of hydrogen-bond donors (Lipinski definition) is 4. The minimum atomic E-state index is -0.403. The normalized spacial score (nSPS) is 24.9. The molecule has 4 aliphatic heterocycles. The van der Waals surface area contributed by atoms with Gasteiger partial charge >= 0.3 is 6.03 Å². The van der Waals surface area contributed by atoms with Gasteiger partial charge in [0.15, 0.2) is 5.82 Å². The molecular formula is C37H47N9O5. The maximum atomic E-state index is 13.1. The van der Waals surface area contributed by atoms with Gasteiger partial charge in [0.05, 0.1) is 50.6 Å². The molecule has 14 heteroatoms. The number of amides is 3. The van der Waals surface area contributed by atoms with Crippen LogP contribution in [0.3, 0.4) is 0 Å². The third-order valence-electron chi connectivity index (χ3n) is 11.0. The van der Waals surface area contributed by atoms with Crippen LogP contribution in [0, 0.1) is 5.92 Å². The Balaban J connectivity index is 0.928. The van der Waals surface area contributed by atoms with Crippen LogP contribution in [0.1, 0.15) is 48.9 Å². The number of hydrogen-bond acceptors (Lipinski definition) is 11. The van der Waals surface area contributed by atoms with Gasteiger partial charge in [-0.1, -0.05) is 0 Å².